The topological polar surface area (TPSA) is 20.3 Å². The van der Waals surface area contributed by atoms with Gasteiger partial charge >= 0.3 is 0 Å². The summed E-state index contributed by atoms with van der Waals surface area (Å²) in [5.74, 6) is 1.02. The van der Waals surface area contributed by atoms with E-state index in [4.69, 9.17) is 11.6 Å². The Morgan fingerprint density at radius 2 is 2.05 bits per heavy atom. The van der Waals surface area contributed by atoms with Crippen LogP contribution in [0.1, 0.15) is 26.9 Å². The summed E-state index contributed by atoms with van der Waals surface area (Å²) in [6.07, 6.45) is 1.00. The first kappa shape index (κ1) is 14.9. The summed E-state index contributed by atoms with van der Waals surface area (Å²) in [7, 11) is 0. The van der Waals surface area contributed by atoms with E-state index in [1.54, 1.807) is 23.5 Å². The van der Waals surface area contributed by atoms with Gasteiger partial charge in [-0.15, -0.1) is 11.3 Å². The molecule has 0 spiro atoms. The molecule has 0 radical (unpaired) electrons. The molecular weight excluding hydrogens is 322 g/mol. The number of thioether (sulfide) groups is 1. The first-order chi connectivity index (χ1) is 10.3. The van der Waals surface area contributed by atoms with Crippen molar-refractivity contribution in [1.82, 2.24) is 4.90 Å². The zero-order valence-electron chi connectivity index (χ0n) is 11.5. The monoisotopic (exact) mass is 337 g/mol. The molecule has 1 aromatic heterocycles. The molecule has 0 aliphatic carbocycles. The number of thiophene rings is 1. The Morgan fingerprint density at radius 1 is 1.19 bits per heavy atom. The van der Waals surface area contributed by atoms with E-state index in [2.05, 4.69) is 17.5 Å². The van der Waals surface area contributed by atoms with Crippen LogP contribution in [0.4, 0.5) is 0 Å². The van der Waals surface area contributed by atoms with Crippen molar-refractivity contribution in [1.29, 1.82) is 0 Å². The average molecular weight is 338 g/mol. The summed E-state index contributed by atoms with van der Waals surface area (Å²) in [6, 6.07) is 11.6. The first-order valence-corrected chi connectivity index (χ1v) is 9.25. The van der Waals surface area contributed by atoms with E-state index in [-0.39, 0.29) is 5.91 Å². The second-order valence-corrected chi connectivity index (χ2v) is 7.63. The quantitative estimate of drug-likeness (QED) is 0.790. The zero-order chi connectivity index (χ0) is 14.7. The highest BCUT2D eigenvalue weighted by Crippen LogP contribution is 2.37. The van der Waals surface area contributed by atoms with Gasteiger partial charge < -0.3 is 4.90 Å². The third-order valence-electron chi connectivity index (χ3n) is 3.59. The van der Waals surface area contributed by atoms with Crippen LogP contribution in [0.25, 0.3) is 0 Å². The Morgan fingerprint density at radius 3 is 2.81 bits per heavy atom. The van der Waals surface area contributed by atoms with Gasteiger partial charge in [0, 0.05) is 29.0 Å². The van der Waals surface area contributed by atoms with Crippen LogP contribution in [0, 0.1) is 0 Å². The predicted octanol–water partition coefficient (Wildman–Crippen LogP) is 4.72. The molecule has 21 heavy (non-hydrogen) atoms. The van der Waals surface area contributed by atoms with Gasteiger partial charge in [0.1, 0.15) is 0 Å². The molecule has 0 bridgehead atoms. The fourth-order valence-corrected chi connectivity index (χ4v) is 4.93. The Hall–Kier alpha value is -0.970. The lowest BCUT2D eigenvalue weighted by Crippen LogP contribution is -2.33. The van der Waals surface area contributed by atoms with Crippen LogP contribution in [0.3, 0.4) is 0 Å². The lowest BCUT2D eigenvalue weighted by atomic mass is 10.2. The number of benzene rings is 1. The van der Waals surface area contributed by atoms with Crippen molar-refractivity contribution in [2.75, 3.05) is 18.8 Å². The highest BCUT2D eigenvalue weighted by atomic mass is 35.5. The maximum Gasteiger partial charge on any atom is 0.255 e. The molecule has 1 atom stereocenters. The van der Waals surface area contributed by atoms with Crippen LogP contribution in [-0.2, 0) is 0 Å². The zero-order valence-corrected chi connectivity index (χ0v) is 13.9. The number of halogens is 1. The van der Waals surface area contributed by atoms with Crippen molar-refractivity contribution >= 4 is 40.6 Å². The van der Waals surface area contributed by atoms with E-state index in [0.717, 1.165) is 25.3 Å². The SMILES string of the molecule is O=C(c1ccccc1Cl)N1CCSC(c2cccs2)CC1. The molecule has 2 aromatic rings. The van der Waals surface area contributed by atoms with E-state index in [1.165, 1.54) is 4.88 Å². The summed E-state index contributed by atoms with van der Waals surface area (Å²) in [4.78, 5) is 15.9. The lowest BCUT2D eigenvalue weighted by Gasteiger charge is -2.20. The molecule has 2 nitrogen and oxygen atoms in total. The average Bonchev–Trinajstić information content (AvgIpc) is 2.92. The van der Waals surface area contributed by atoms with Gasteiger partial charge in [-0.2, -0.15) is 11.8 Å². The van der Waals surface area contributed by atoms with Crippen LogP contribution >= 0.6 is 34.7 Å². The summed E-state index contributed by atoms with van der Waals surface area (Å²) in [5.41, 5.74) is 0.610. The second kappa shape index (κ2) is 6.86. The molecule has 110 valence electrons. The van der Waals surface area contributed by atoms with Gasteiger partial charge in [0.05, 0.1) is 10.6 Å². The molecule has 0 N–H and O–H groups in total. The van der Waals surface area contributed by atoms with E-state index >= 15 is 0 Å². The van der Waals surface area contributed by atoms with Crippen LogP contribution in [-0.4, -0.2) is 29.6 Å². The predicted molar refractivity (Wildman–Crippen MR) is 91.5 cm³/mol. The smallest absolute Gasteiger partial charge is 0.255 e. The summed E-state index contributed by atoms with van der Waals surface area (Å²) in [5, 5.41) is 3.16. The molecule has 1 fully saturated rings. The lowest BCUT2D eigenvalue weighted by molar-refractivity contribution is 0.0767. The number of nitrogens with zero attached hydrogens (tertiary/aromatic N) is 1. The van der Waals surface area contributed by atoms with Crippen molar-refractivity contribution in [3.8, 4) is 0 Å². The van der Waals surface area contributed by atoms with Gasteiger partial charge in [-0.25, -0.2) is 0 Å². The third kappa shape index (κ3) is 3.44. The fraction of sp³-hybridized carbons (Fsp3) is 0.312. The summed E-state index contributed by atoms with van der Waals surface area (Å²) < 4.78 is 0. The maximum absolute atomic E-state index is 12.6. The van der Waals surface area contributed by atoms with Gasteiger partial charge in [0.15, 0.2) is 0 Å². The normalized spacial score (nSPS) is 19.3. The van der Waals surface area contributed by atoms with Crippen molar-refractivity contribution in [3.63, 3.8) is 0 Å². The Labute approximate surface area is 138 Å². The van der Waals surface area contributed by atoms with Crippen LogP contribution in [0.15, 0.2) is 41.8 Å². The number of hydrogen-bond donors (Lipinski definition) is 0. The maximum atomic E-state index is 12.6. The molecule has 1 aliphatic rings. The van der Waals surface area contributed by atoms with Gasteiger partial charge in [-0.05, 0) is 30.0 Å². The number of carbonyl (C=O) groups is 1. The van der Waals surface area contributed by atoms with Crippen LogP contribution in [0.5, 0.6) is 0 Å². The highest BCUT2D eigenvalue weighted by molar-refractivity contribution is 7.99. The number of amides is 1. The minimum Gasteiger partial charge on any atom is -0.338 e. The van der Waals surface area contributed by atoms with Crippen LogP contribution < -0.4 is 0 Å². The molecule has 1 aliphatic heterocycles. The highest BCUT2D eigenvalue weighted by Gasteiger charge is 2.24. The molecule has 3 rings (SSSR count). The molecule has 5 heteroatoms. The van der Waals surface area contributed by atoms with Gasteiger partial charge in [0.2, 0.25) is 0 Å². The fourth-order valence-electron chi connectivity index (χ4n) is 2.48. The Bertz CT molecular complexity index is 614. The van der Waals surface area contributed by atoms with E-state index in [9.17, 15) is 4.79 Å². The number of carbonyl (C=O) groups excluding carboxylic acids is 1. The van der Waals surface area contributed by atoms with E-state index in [1.807, 2.05) is 28.8 Å². The standard InChI is InChI=1S/C16H16ClNOS2/c17-13-5-2-1-4-12(13)16(19)18-8-7-15(21-11-9-18)14-6-3-10-20-14/h1-6,10,15H,7-9,11H2. The Balaban J connectivity index is 1.70. The van der Waals surface area contributed by atoms with Crippen molar-refractivity contribution in [2.45, 2.75) is 11.7 Å². The van der Waals surface area contributed by atoms with E-state index < -0.39 is 0 Å². The van der Waals surface area contributed by atoms with Gasteiger partial charge in [-0.1, -0.05) is 29.8 Å². The van der Waals surface area contributed by atoms with Gasteiger partial charge in [0.25, 0.3) is 5.91 Å². The minimum absolute atomic E-state index is 0.0491. The molecule has 1 unspecified atom stereocenters. The number of hydrogen-bond acceptors (Lipinski definition) is 3. The Kier molecular flexibility index (Phi) is 4.88. The third-order valence-corrected chi connectivity index (χ3v) is 6.37. The molecule has 1 aromatic carbocycles. The summed E-state index contributed by atoms with van der Waals surface area (Å²) >= 11 is 9.89. The first-order valence-electron chi connectivity index (χ1n) is 6.94. The number of rotatable bonds is 2. The molecule has 1 saturated heterocycles. The largest absolute Gasteiger partial charge is 0.338 e. The summed E-state index contributed by atoms with van der Waals surface area (Å²) in [6.45, 7) is 1.58. The minimum atomic E-state index is 0.0491. The molecule has 0 saturated carbocycles. The van der Waals surface area contributed by atoms with Gasteiger partial charge in [-0.3, -0.25) is 4.79 Å². The van der Waals surface area contributed by atoms with Crippen LogP contribution in [0.2, 0.25) is 5.02 Å². The van der Waals surface area contributed by atoms with Crippen molar-refractivity contribution in [3.05, 3.63) is 57.2 Å². The van der Waals surface area contributed by atoms with Crippen molar-refractivity contribution in [2.24, 2.45) is 0 Å². The molecular formula is C16H16ClNOS2. The van der Waals surface area contributed by atoms with Crippen molar-refractivity contribution < 1.29 is 4.79 Å². The second-order valence-electron chi connectivity index (χ2n) is 4.94. The van der Waals surface area contributed by atoms with E-state index in [0.29, 0.717) is 15.8 Å². The molecule has 1 amide bonds. The molecule has 2 heterocycles.